The van der Waals surface area contributed by atoms with Gasteiger partial charge in [-0.25, -0.2) is 12.8 Å². The fourth-order valence-corrected chi connectivity index (χ4v) is 3.38. The third-order valence-corrected chi connectivity index (χ3v) is 4.65. The van der Waals surface area contributed by atoms with Crippen molar-refractivity contribution in [3.05, 3.63) is 53.3 Å². The molecule has 21 heavy (non-hydrogen) atoms. The third-order valence-electron chi connectivity index (χ3n) is 3.19. The quantitative estimate of drug-likeness (QED) is 0.853. The molecule has 2 aromatic rings. The normalized spacial score (nSPS) is 11.4. The van der Waals surface area contributed by atoms with Crippen LogP contribution in [0.3, 0.4) is 0 Å². The number of sulfonamides is 1. The van der Waals surface area contributed by atoms with Gasteiger partial charge in [-0.2, -0.15) is 0 Å². The molecular formula is C15H17FN2O2S. The van der Waals surface area contributed by atoms with Crippen molar-refractivity contribution in [3.63, 3.8) is 0 Å². The second-order valence-corrected chi connectivity index (χ2v) is 6.44. The van der Waals surface area contributed by atoms with Crippen LogP contribution >= 0.6 is 0 Å². The van der Waals surface area contributed by atoms with Gasteiger partial charge >= 0.3 is 0 Å². The zero-order chi connectivity index (χ0) is 15.6. The Morgan fingerprint density at radius 3 is 2.52 bits per heavy atom. The van der Waals surface area contributed by atoms with E-state index in [9.17, 15) is 12.8 Å². The Labute approximate surface area is 123 Å². The fourth-order valence-electron chi connectivity index (χ4n) is 1.98. The number of halogens is 1. The van der Waals surface area contributed by atoms with Crippen molar-refractivity contribution in [3.8, 4) is 0 Å². The molecule has 2 aromatic carbocycles. The molecule has 0 aromatic heterocycles. The van der Waals surface area contributed by atoms with Gasteiger partial charge < -0.3 is 5.73 Å². The smallest absolute Gasteiger partial charge is 0.262 e. The van der Waals surface area contributed by atoms with Crippen LogP contribution in [0.5, 0.6) is 0 Å². The minimum atomic E-state index is -3.80. The number of anilines is 2. The molecule has 0 amide bonds. The van der Waals surface area contributed by atoms with Crippen molar-refractivity contribution in [1.29, 1.82) is 0 Å². The van der Waals surface area contributed by atoms with E-state index >= 15 is 0 Å². The Kier molecular flexibility index (Phi) is 4.18. The van der Waals surface area contributed by atoms with Crippen molar-refractivity contribution in [2.75, 3.05) is 10.5 Å². The van der Waals surface area contributed by atoms with Gasteiger partial charge in [-0.3, -0.25) is 4.72 Å². The van der Waals surface area contributed by atoms with Crippen molar-refractivity contribution >= 4 is 21.4 Å². The van der Waals surface area contributed by atoms with Crippen molar-refractivity contribution in [1.82, 2.24) is 0 Å². The highest BCUT2D eigenvalue weighted by molar-refractivity contribution is 7.92. The van der Waals surface area contributed by atoms with Crippen LogP contribution < -0.4 is 10.5 Å². The molecule has 0 aliphatic carbocycles. The fraction of sp³-hybridized carbons (Fsp3) is 0.200. The molecular weight excluding hydrogens is 291 g/mol. The molecule has 4 nitrogen and oxygen atoms in total. The van der Waals surface area contributed by atoms with E-state index < -0.39 is 15.8 Å². The van der Waals surface area contributed by atoms with E-state index in [0.29, 0.717) is 23.2 Å². The average molecular weight is 308 g/mol. The summed E-state index contributed by atoms with van der Waals surface area (Å²) >= 11 is 0. The topological polar surface area (TPSA) is 72.2 Å². The first-order chi connectivity index (χ1) is 9.83. The van der Waals surface area contributed by atoms with Crippen LogP contribution in [-0.2, 0) is 16.4 Å². The number of nitrogens with two attached hydrogens (primary N) is 1. The molecule has 0 aliphatic rings. The van der Waals surface area contributed by atoms with E-state index in [2.05, 4.69) is 4.72 Å². The Hall–Kier alpha value is -2.08. The Bertz CT molecular complexity index is 773. The second-order valence-electron chi connectivity index (χ2n) is 4.79. The molecule has 6 heteroatoms. The monoisotopic (exact) mass is 308 g/mol. The summed E-state index contributed by atoms with van der Waals surface area (Å²) in [4.78, 5) is 0.117. The molecule has 0 atom stereocenters. The second kappa shape index (κ2) is 5.73. The lowest BCUT2D eigenvalue weighted by molar-refractivity contribution is 0.600. The lowest BCUT2D eigenvalue weighted by Crippen LogP contribution is -2.15. The van der Waals surface area contributed by atoms with Crippen LogP contribution in [0.2, 0.25) is 0 Å². The maximum absolute atomic E-state index is 13.5. The summed E-state index contributed by atoms with van der Waals surface area (Å²) in [5, 5.41) is 0. The van der Waals surface area contributed by atoms with Crippen molar-refractivity contribution < 1.29 is 12.8 Å². The predicted octanol–water partition coefficient (Wildman–Crippen LogP) is 3.08. The first-order valence-corrected chi connectivity index (χ1v) is 7.99. The first-order valence-electron chi connectivity index (χ1n) is 6.51. The lowest BCUT2D eigenvalue weighted by Gasteiger charge is -2.12. The summed E-state index contributed by atoms with van der Waals surface area (Å²) in [6, 6.07) is 8.95. The van der Waals surface area contributed by atoms with E-state index in [1.807, 2.05) is 6.92 Å². The Morgan fingerprint density at radius 1 is 1.19 bits per heavy atom. The van der Waals surface area contributed by atoms with E-state index in [1.165, 1.54) is 18.2 Å². The predicted molar refractivity (Wildman–Crippen MR) is 82.2 cm³/mol. The summed E-state index contributed by atoms with van der Waals surface area (Å²) in [7, 11) is -3.80. The summed E-state index contributed by atoms with van der Waals surface area (Å²) in [5.41, 5.74) is 7.32. The SMILES string of the molecule is CCc1ccc(N)cc1S(=O)(=O)Nc1ccc(C)c(F)c1. The number of benzene rings is 2. The largest absolute Gasteiger partial charge is 0.399 e. The summed E-state index contributed by atoms with van der Waals surface area (Å²) < 4.78 is 40.8. The van der Waals surface area contributed by atoms with Crippen LogP contribution in [0.25, 0.3) is 0 Å². The van der Waals surface area contributed by atoms with Gasteiger partial charge in [-0.15, -0.1) is 0 Å². The van der Waals surface area contributed by atoms with Crippen LogP contribution in [-0.4, -0.2) is 8.42 Å². The maximum Gasteiger partial charge on any atom is 0.262 e. The zero-order valence-corrected chi connectivity index (χ0v) is 12.7. The minimum absolute atomic E-state index is 0.117. The minimum Gasteiger partial charge on any atom is -0.399 e. The number of aryl methyl sites for hydroxylation is 2. The number of nitrogen functional groups attached to an aromatic ring is 1. The molecule has 0 radical (unpaired) electrons. The molecule has 0 bridgehead atoms. The number of hydrogen-bond acceptors (Lipinski definition) is 3. The highest BCUT2D eigenvalue weighted by atomic mass is 32.2. The number of nitrogens with one attached hydrogen (secondary N) is 1. The van der Waals surface area contributed by atoms with Crippen molar-refractivity contribution in [2.45, 2.75) is 25.2 Å². The molecule has 0 saturated heterocycles. The molecule has 0 saturated carbocycles. The number of rotatable bonds is 4. The summed E-state index contributed by atoms with van der Waals surface area (Å²) in [6.07, 6.45) is 0.554. The number of hydrogen-bond donors (Lipinski definition) is 2. The van der Waals surface area contributed by atoms with Crippen LogP contribution in [0.4, 0.5) is 15.8 Å². The molecule has 0 heterocycles. The molecule has 2 rings (SSSR count). The van der Waals surface area contributed by atoms with E-state index in [1.54, 1.807) is 19.1 Å². The van der Waals surface area contributed by atoms with E-state index in [-0.39, 0.29) is 10.6 Å². The van der Waals surface area contributed by atoms with Gasteiger partial charge in [0.25, 0.3) is 10.0 Å². The molecule has 3 N–H and O–H groups in total. The van der Waals surface area contributed by atoms with E-state index in [0.717, 1.165) is 6.07 Å². The molecule has 0 unspecified atom stereocenters. The van der Waals surface area contributed by atoms with Crippen molar-refractivity contribution in [2.24, 2.45) is 0 Å². The lowest BCUT2D eigenvalue weighted by atomic mass is 10.1. The zero-order valence-electron chi connectivity index (χ0n) is 11.9. The highest BCUT2D eigenvalue weighted by Crippen LogP contribution is 2.23. The van der Waals surface area contributed by atoms with Gasteiger partial charge in [0.2, 0.25) is 0 Å². The van der Waals surface area contributed by atoms with Gasteiger partial charge in [-0.05, 0) is 48.7 Å². The highest BCUT2D eigenvalue weighted by Gasteiger charge is 2.18. The Balaban J connectivity index is 2.42. The average Bonchev–Trinajstić information content (AvgIpc) is 2.42. The van der Waals surface area contributed by atoms with Gasteiger partial charge in [0.15, 0.2) is 0 Å². The van der Waals surface area contributed by atoms with Gasteiger partial charge in [0, 0.05) is 5.69 Å². The summed E-state index contributed by atoms with van der Waals surface area (Å²) in [5.74, 6) is -0.460. The van der Waals surface area contributed by atoms with Crippen LogP contribution in [0.15, 0.2) is 41.3 Å². The molecule has 112 valence electrons. The maximum atomic E-state index is 13.5. The van der Waals surface area contributed by atoms with Gasteiger partial charge in [0.05, 0.1) is 10.6 Å². The van der Waals surface area contributed by atoms with Crippen LogP contribution in [0.1, 0.15) is 18.1 Å². The first kappa shape index (κ1) is 15.3. The molecule has 0 fully saturated rings. The third kappa shape index (κ3) is 3.33. The Morgan fingerprint density at radius 2 is 1.90 bits per heavy atom. The molecule has 0 spiro atoms. The van der Waals surface area contributed by atoms with Gasteiger partial charge in [-0.1, -0.05) is 19.1 Å². The van der Waals surface area contributed by atoms with E-state index in [4.69, 9.17) is 5.73 Å². The van der Waals surface area contributed by atoms with Gasteiger partial charge in [0.1, 0.15) is 5.82 Å². The molecule has 0 aliphatic heterocycles. The van der Waals surface area contributed by atoms with Crippen LogP contribution in [0, 0.1) is 12.7 Å². The standard InChI is InChI=1S/C15H17FN2O2S/c1-3-11-5-6-12(17)8-15(11)21(19,20)18-13-7-4-10(2)14(16)9-13/h4-9,18H,3,17H2,1-2H3. The summed E-state index contributed by atoms with van der Waals surface area (Å²) in [6.45, 7) is 3.47.